The van der Waals surface area contributed by atoms with Gasteiger partial charge in [-0.25, -0.2) is 0 Å². The highest BCUT2D eigenvalue weighted by Crippen LogP contribution is 2.33. The van der Waals surface area contributed by atoms with Crippen molar-refractivity contribution >= 4 is 0 Å². The summed E-state index contributed by atoms with van der Waals surface area (Å²) < 4.78 is 5.81. The number of hydrogen-bond donors (Lipinski definition) is 1. The molecular formula is C16H26N2O. The molecule has 1 saturated heterocycles. The van der Waals surface area contributed by atoms with Crippen LogP contribution in [0, 0.1) is 6.92 Å². The van der Waals surface area contributed by atoms with Crippen LogP contribution >= 0.6 is 0 Å². The van der Waals surface area contributed by atoms with Gasteiger partial charge in [-0.3, -0.25) is 4.90 Å². The summed E-state index contributed by atoms with van der Waals surface area (Å²) in [6.45, 7) is 7.72. The average Bonchev–Trinajstić information content (AvgIpc) is 2.85. The fourth-order valence-corrected chi connectivity index (χ4v) is 3.74. The predicted octanol–water partition coefficient (Wildman–Crippen LogP) is 3.26. The summed E-state index contributed by atoms with van der Waals surface area (Å²) in [5.74, 6) is 2.13. The summed E-state index contributed by atoms with van der Waals surface area (Å²) in [5.41, 5.74) is 0.381. The Labute approximate surface area is 116 Å². The minimum Gasteiger partial charge on any atom is -0.465 e. The molecule has 1 aromatic rings. The Morgan fingerprint density at radius 2 is 2.05 bits per heavy atom. The van der Waals surface area contributed by atoms with Crippen LogP contribution in [0.15, 0.2) is 16.5 Å². The van der Waals surface area contributed by atoms with E-state index in [2.05, 4.69) is 29.3 Å². The summed E-state index contributed by atoms with van der Waals surface area (Å²) >= 11 is 0. The van der Waals surface area contributed by atoms with E-state index in [4.69, 9.17) is 4.42 Å². The summed E-state index contributed by atoms with van der Waals surface area (Å²) in [5, 5.41) is 3.80. The van der Waals surface area contributed by atoms with Gasteiger partial charge < -0.3 is 9.73 Å². The molecule has 1 aliphatic heterocycles. The van der Waals surface area contributed by atoms with Gasteiger partial charge in [-0.2, -0.15) is 0 Å². The second-order valence-corrected chi connectivity index (χ2v) is 6.36. The van der Waals surface area contributed by atoms with E-state index in [0.29, 0.717) is 11.6 Å². The lowest BCUT2D eigenvalue weighted by molar-refractivity contribution is 0.0658. The molecule has 0 radical (unpaired) electrons. The first-order chi connectivity index (χ1) is 9.19. The molecule has 106 valence electrons. The monoisotopic (exact) mass is 262 g/mol. The first kappa shape index (κ1) is 13.2. The molecule has 3 heteroatoms. The van der Waals surface area contributed by atoms with Crippen molar-refractivity contribution in [1.82, 2.24) is 10.2 Å². The summed E-state index contributed by atoms with van der Waals surface area (Å²) in [4.78, 5) is 2.60. The molecule has 1 aromatic heterocycles. The van der Waals surface area contributed by atoms with E-state index >= 15 is 0 Å². The van der Waals surface area contributed by atoms with Crippen LogP contribution in [0.3, 0.4) is 0 Å². The Hall–Kier alpha value is -0.800. The molecule has 19 heavy (non-hydrogen) atoms. The zero-order valence-corrected chi connectivity index (χ0v) is 12.2. The van der Waals surface area contributed by atoms with Crippen molar-refractivity contribution in [1.29, 1.82) is 0 Å². The number of rotatable bonds is 2. The SMILES string of the molecule is Cc1ccc(C(C)N2CCNC3(CCCCC3)C2)o1. The highest BCUT2D eigenvalue weighted by molar-refractivity contribution is 5.10. The molecule has 1 aliphatic carbocycles. The van der Waals surface area contributed by atoms with Gasteiger partial charge in [0, 0.05) is 25.2 Å². The molecule has 2 aliphatic rings. The Balaban J connectivity index is 1.70. The number of piperazine rings is 1. The molecule has 1 spiro atoms. The van der Waals surface area contributed by atoms with Gasteiger partial charge in [-0.1, -0.05) is 19.3 Å². The van der Waals surface area contributed by atoms with Gasteiger partial charge in [-0.05, 0) is 38.8 Å². The summed E-state index contributed by atoms with van der Waals surface area (Å²) in [7, 11) is 0. The number of nitrogens with zero attached hydrogens (tertiary/aromatic N) is 1. The summed E-state index contributed by atoms with van der Waals surface area (Å²) in [6, 6.07) is 4.61. The number of aryl methyl sites for hydroxylation is 1. The van der Waals surface area contributed by atoms with E-state index in [1.165, 1.54) is 38.6 Å². The number of furan rings is 1. The number of hydrogen-bond acceptors (Lipinski definition) is 3. The third-order valence-corrected chi connectivity index (χ3v) is 4.94. The molecule has 0 aromatic carbocycles. The predicted molar refractivity (Wildman–Crippen MR) is 77.3 cm³/mol. The molecule has 1 unspecified atom stereocenters. The Bertz CT molecular complexity index is 415. The van der Waals surface area contributed by atoms with Crippen LogP contribution in [0.25, 0.3) is 0 Å². The third-order valence-electron chi connectivity index (χ3n) is 4.94. The first-order valence-corrected chi connectivity index (χ1v) is 7.74. The van der Waals surface area contributed by atoms with Crippen molar-refractivity contribution in [3.05, 3.63) is 23.7 Å². The second-order valence-electron chi connectivity index (χ2n) is 6.36. The zero-order valence-electron chi connectivity index (χ0n) is 12.2. The number of nitrogens with one attached hydrogen (secondary N) is 1. The van der Waals surface area contributed by atoms with Crippen molar-refractivity contribution < 1.29 is 4.42 Å². The van der Waals surface area contributed by atoms with Gasteiger partial charge in [-0.15, -0.1) is 0 Å². The lowest BCUT2D eigenvalue weighted by Crippen LogP contribution is -2.61. The maximum absolute atomic E-state index is 5.81. The van der Waals surface area contributed by atoms with Crippen molar-refractivity contribution in [3.63, 3.8) is 0 Å². The van der Waals surface area contributed by atoms with Crippen molar-refractivity contribution in [2.45, 2.75) is 57.5 Å². The van der Waals surface area contributed by atoms with Gasteiger partial charge in [0.2, 0.25) is 0 Å². The van der Waals surface area contributed by atoms with E-state index in [0.717, 1.165) is 24.6 Å². The average molecular weight is 262 g/mol. The highest BCUT2D eigenvalue weighted by Gasteiger charge is 2.37. The maximum Gasteiger partial charge on any atom is 0.121 e. The smallest absolute Gasteiger partial charge is 0.121 e. The molecule has 3 nitrogen and oxygen atoms in total. The molecule has 1 N–H and O–H groups in total. The Morgan fingerprint density at radius 3 is 2.74 bits per heavy atom. The topological polar surface area (TPSA) is 28.4 Å². The molecule has 1 saturated carbocycles. The standard InChI is InChI=1S/C16H26N2O/c1-13-6-7-15(19-13)14(2)18-11-10-17-16(12-18)8-4-3-5-9-16/h6-7,14,17H,3-5,8-12H2,1-2H3. The van der Waals surface area contributed by atoms with Crippen LogP contribution in [-0.2, 0) is 0 Å². The van der Waals surface area contributed by atoms with Crippen LogP contribution < -0.4 is 5.32 Å². The lowest BCUT2D eigenvalue weighted by Gasteiger charge is -2.47. The van der Waals surface area contributed by atoms with Crippen LogP contribution in [0.5, 0.6) is 0 Å². The maximum atomic E-state index is 5.81. The van der Waals surface area contributed by atoms with Gasteiger partial charge in [0.25, 0.3) is 0 Å². The summed E-state index contributed by atoms with van der Waals surface area (Å²) in [6.07, 6.45) is 6.86. The Kier molecular flexibility index (Phi) is 3.68. The molecule has 0 bridgehead atoms. The van der Waals surface area contributed by atoms with Gasteiger partial charge in [0.15, 0.2) is 0 Å². The van der Waals surface area contributed by atoms with Crippen molar-refractivity contribution in [2.75, 3.05) is 19.6 Å². The Morgan fingerprint density at radius 1 is 1.26 bits per heavy atom. The lowest BCUT2D eigenvalue weighted by atomic mass is 9.80. The second kappa shape index (κ2) is 5.29. The first-order valence-electron chi connectivity index (χ1n) is 7.74. The zero-order chi connectivity index (χ0) is 13.3. The van der Waals surface area contributed by atoms with E-state index < -0.39 is 0 Å². The third kappa shape index (κ3) is 2.72. The largest absolute Gasteiger partial charge is 0.465 e. The van der Waals surface area contributed by atoms with Crippen molar-refractivity contribution in [2.24, 2.45) is 0 Å². The van der Waals surface area contributed by atoms with E-state index in [-0.39, 0.29) is 0 Å². The van der Waals surface area contributed by atoms with Crippen LogP contribution in [0.4, 0.5) is 0 Å². The van der Waals surface area contributed by atoms with Crippen LogP contribution in [-0.4, -0.2) is 30.1 Å². The van der Waals surface area contributed by atoms with Crippen LogP contribution in [0.1, 0.15) is 56.6 Å². The van der Waals surface area contributed by atoms with Crippen molar-refractivity contribution in [3.8, 4) is 0 Å². The van der Waals surface area contributed by atoms with Gasteiger partial charge >= 0.3 is 0 Å². The molecule has 3 rings (SSSR count). The molecule has 1 atom stereocenters. The fourth-order valence-electron chi connectivity index (χ4n) is 3.74. The normalized spacial score (nSPS) is 25.6. The molecule has 2 fully saturated rings. The van der Waals surface area contributed by atoms with E-state index in [9.17, 15) is 0 Å². The van der Waals surface area contributed by atoms with Gasteiger partial charge in [0.1, 0.15) is 11.5 Å². The minimum atomic E-state index is 0.381. The minimum absolute atomic E-state index is 0.381. The highest BCUT2D eigenvalue weighted by atomic mass is 16.3. The van der Waals surface area contributed by atoms with Gasteiger partial charge in [0.05, 0.1) is 6.04 Å². The molecule has 2 heterocycles. The fraction of sp³-hybridized carbons (Fsp3) is 0.750. The molecular weight excluding hydrogens is 236 g/mol. The van der Waals surface area contributed by atoms with Crippen LogP contribution in [0.2, 0.25) is 0 Å². The molecule has 0 amide bonds. The van der Waals surface area contributed by atoms with E-state index in [1.54, 1.807) is 0 Å². The quantitative estimate of drug-likeness (QED) is 0.887. The van der Waals surface area contributed by atoms with E-state index in [1.807, 2.05) is 6.92 Å².